The molecule has 1 rings (SSSR count). The van der Waals surface area contributed by atoms with Crippen molar-refractivity contribution in [2.75, 3.05) is 7.05 Å². The summed E-state index contributed by atoms with van der Waals surface area (Å²) in [4.78, 5) is 13.1. The standard InChI is InChI=1S/C11H23NO2Si/c1-11(2,3)15(5,6)14-10-8-7-9(13)12(10)4/h10H,7-8H2,1-6H3/t10-/m1/s1. The average molecular weight is 229 g/mol. The van der Waals surface area contributed by atoms with Gasteiger partial charge < -0.3 is 9.33 Å². The molecule has 0 aromatic heterocycles. The largest absolute Gasteiger partial charge is 0.397 e. The molecular weight excluding hydrogens is 206 g/mol. The highest BCUT2D eigenvalue weighted by Gasteiger charge is 2.42. The Kier molecular flexibility index (Phi) is 3.31. The molecule has 0 N–H and O–H groups in total. The maximum atomic E-state index is 11.4. The number of likely N-dealkylation sites (tertiary alicyclic amines) is 1. The summed E-state index contributed by atoms with van der Waals surface area (Å²) in [5.41, 5.74) is 0. The van der Waals surface area contributed by atoms with Crippen LogP contribution in [0.4, 0.5) is 0 Å². The molecule has 1 aliphatic heterocycles. The van der Waals surface area contributed by atoms with Gasteiger partial charge in [0.1, 0.15) is 6.23 Å². The van der Waals surface area contributed by atoms with E-state index >= 15 is 0 Å². The molecule has 0 bridgehead atoms. The molecule has 1 saturated heterocycles. The van der Waals surface area contributed by atoms with Crippen molar-refractivity contribution in [1.29, 1.82) is 0 Å². The third kappa shape index (κ3) is 2.61. The van der Waals surface area contributed by atoms with Gasteiger partial charge in [-0.2, -0.15) is 0 Å². The van der Waals surface area contributed by atoms with E-state index in [1.165, 1.54) is 0 Å². The van der Waals surface area contributed by atoms with E-state index in [0.29, 0.717) is 6.42 Å². The number of hydrogen-bond donors (Lipinski definition) is 0. The number of carbonyl (C=O) groups excluding carboxylic acids is 1. The highest BCUT2D eigenvalue weighted by atomic mass is 28.4. The second-order valence-corrected chi connectivity index (χ2v) is 10.6. The molecule has 0 saturated carbocycles. The SMILES string of the molecule is CN1C(=O)CC[C@H]1O[Si](C)(C)C(C)(C)C. The zero-order valence-corrected chi connectivity index (χ0v) is 11.8. The molecule has 1 amide bonds. The molecule has 0 aliphatic carbocycles. The number of hydrogen-bond acceptors (Lipinski definition) is 2. The summed E-state index contributed by atoms with van der Waals surface area (Å²) in [5.74, 6) is 0.207. The lowest BCUT2D eigenvalue weighted by Gasteiger charge is -2.39. The molecule has 1 atom stereocenters. The van der Waals surface area contributed by atoms with Crippen LogP contribution in [0, 0.1) is 0 Å². The third-order valence-corrected chi connectivity index (χ3v) is 8.14. The fraction of sp³-hybridized carbons (Fsp3) is 0.909. The Bertz CT molecular complexity index is 258. The molecule has 1 fully saturated rings. The Morgan fingerprint density at radius 2 is 1.93 bits per heavy atom. The van der Waals surface area contributed by atoms with Crippen LogP contribution < -0.4 is 0 Å². The summed E-state index contributed by atoms with van der Waals surface area (Å²) in [5, 5.41) is 0.208. The quantitative estimate of drug-likeness (QED) is 0.681. The van der Waals surface area contributed by atoms with Crippen molar-refractivity contribution in [3.05, 3.63) is 0 Å². The number of carbonyl (C=O) groups is 1. The first-order chi connectivity index (χ1) is 6.65. The van der Waals surface area contributed by atoms with Gasteiger partial charge in [-0.1, -0.05) is 20.8 Å². The van der Waals surface area contributed by atoms with Crippen molar-refractivity contribution in [1.82, 2.24) is 4.90 Å². The molecule has 0 aromatic rings. The van der Waals surface area contributed by atoms with Gasteiger partial charge in [0.2, 0.25) is 5.91 Å². The molecule has 0 spiro atoms. The van der Waals surface area contributed by atoms with Gasteiger partial charge in [-0.25, -0.2) is 0 Å². The van der Waals surface area contributed by atoms with Crippen LogP contribution in [0.25, 0.3) is 0 Å². The summed E-state index contributed by atoms with van der Waals surface area (Å²) in [7, 11) is 0.105. The van der Waals surface area contributed by atoms with Crippen LogP contribution in [-0.4, -0.2) is 32.4 Å². The zero-order chi connectivity index (χ0) is 11.9. The van der Waals surface area contributed by atoms with Crippen LogP contribution in [0.2, 0.25) is 18.1 Å². The summed E-state index contributed by atoms with van der Waals surface area (Å²) in [6, 6.07) is 0. The minimum atomic E-state index is -1.74. The number of rotatable bonds is 2. The maximum Gasteiger partial charge on any atom is 0.224 e. The van der Waals surface area contributed by atoms with Crippen LogP contribution in [0.5, 0.6) is 0 Å². The maximum absolute atomic E-state index is 11.4. The Hall–Kier alpha value is -0.353. The van der Waals surface area contributed by atoms with E-state index in [0.717, 1.165) is 6.42 Å². The van der Waals surface area contributed by atoms with Gasteiger partial charge in [-0.3, -0.25) is 4.79 Å². The van der Waals surface area contributed by atoms with Crippen LogP contribution in [0.15, 0.2) is 0 Å². The topological polar surface area (TPSA) is 29.5 Å². The zero-order valence-electron chi connectivity index (χ0n) is 10.8. The fourth-order valence-electron chi connectivity index (χ4n) is 1.43. The minimum absolute atomic E-state index is 0.0124. The molecule has 1 aliphatic rings. The first kappa shape index (κ1) is 12.7. The Labute approximate surface area is 93.9 Å². The first-order valence-corrected chi connectivity index (χ1v) is 8.49. The highest BCUT2D eigenvalue weighted by molar-refractivity contribution is 6.74. The third-order valence-electron chi connectivity index (χ3n) is 3.67. The van der Waals surface area contributed by atoms with Gasteiger partial charge in [-0.05, 0) is 18.1 Å². The summed E-state index contributed by atoms with van der Waals surface area (Å²) in [6.07, 6.45) is 1.50. The normalized spacial score (nSPS) is 23.7. The summed E-state index contributed by atoms with van der Waals surface area (Å²) >= 11 is 0. The van der Waals surface area contributed by atoms with E-state index in [-0.39, 0.29) is 17.2 Å². The van der Waals surface area contributed by atoms with Gasteiger partial charge >= 0.3 is 0 Å². The molecule has 0 radical (unpaired) electrons. The minimum Gasteiger partial charge on any atom is -0.397 e. The van der Waals surface area contributed by atoms with Gasteiger partial charge in [0, 0.05) is 19.9 Å². The van der Waals surface area contributed by atoms with Crippen LogP contribution in [0.3, 0.4) is 0 Å². The number of nitrogens with zero attached hydrogens (tertiary/aromatic N) is 1. The predicted octanol–water partition coefficient (Wildman–Crippen LogP) is 2.59. The van der Waals surface area contributed by atoms with Crippen molar-refractivity contribution >= 4 is 14.2 Å². The van der Waals surface area contributed by atoms with Crippen molar-refractivity contribution in [3.63, 3.8) is 0 Å². The van der Waals surface area contributed by atoms with Crippen LogP contribution >= 0.6 is 0 Å². The van der Waals surface area contributed by atoms with Gasteiger partial charge in [0.15, 0.2) is 8.32 Å². The molecular formula is C11H23NO2Si. The molecule has 0 unspecified atom stereocenters. The molecule has 1 heterocycles. The first-order valence-electron chi connectivity index (χ1n) is 5.58. The highest BCUT2D eigenvalue weighted by Crippen LogP contribution is 2.38. The lowest BCUT2D eigenvalue weighted by atomic mass is 10.2. The Morgan fingerprint density at radius 3 is 2.27 bits per heavy atom. The van der Waals surface area contributed by atoms with E-state index in [1.54, 1.807) is 4.90 Å². The van der Waals surface area contributed by atoms with Crippen molar-refractivity contribution in [3.8, 4) is 0 Å². The van der Waals surface area contributed by atoms with Gasteiger partial charge in [0.25, 0.3) is 0 Å². The second kappa shape index (κ2) is 3.90. The van der Waals surface area contributed by atoms with Crippen molar-refractivity contribution < 1.29 is 9.22 Å². The van der Waals surface area contributed by atoms with E-state index in [2.05, 4.69) is 33.9 Å². The molecule has 0 aromatic carbocycles. The molecule has 4 heteroatoms. The summed E-state index contributed by atoms with van der Waals surface area (Å²) < 4.78 is 6.19. The summed E-state index contributed by atoms with van der Waals surface area (Å²) in [6.45, 7) is 11.1. The number of amides is 1. The Morgan fingerprint density at radius 1 is 1.40 bits per heavy atom. The van der Waals surface area contributed by atoms with E-state index < -0.39 is 8.32 Å². The van der Waals surface area contributed by atoms with Crippen molar-refractivity contribution in [2.24, 2.45) is 0 Å². The monoisotopic (exact) mass is 229 g/mol. The van der Waals surface area contributed by atoms with Gasteiger partial charge in [-0.15, -0.1) is 0 Å². The average Bonchev–Trinajstić information content (AvgIpc) is 2.33. The molecule has 3 nitrogen and oxygen atoms in total. The van der Waals surface area contributed by atoms with Gasteiger partial charge in [0.05, 0.1) is 0 Å². The lowest BCUT2D eigenvalue weighted by molar-refractivity contribution is -0.130. The smallest absolute Gasteiger partial charge is 0.224 e. The lowest BCUT2D eigenvalue weighted by Crippen LogP contribution is -2.47. The van der Waals surface area contributed by atoms with Crippen LogP contribution in [0.1, 0.15) is 33.6 Å². The van der Waals surface area contributed by atoms with Crippen LogP contribution in [-0.2, 0) is 9.22 Å². The van der Waals surface area contributed by atoms with Crippen molar-refractivity contribution in [2.45, 2.75) is 58.0 Å². The molecule has 88 valence electrons. The molecule has 15 heavy (non-hydrogen) atoms. The predicted molar refractivity (Wildman–Crippen MR) is 64.1 cm³/mol. The van der Waals surface area contributed by atoms with E-state index in [4.69, 9.17) is 4.43 Å². The van der Waals surface area contributed by atoms with E-state index in [1.807, 2.05) is 7.05 Å². The fourth-order valence-corrected chi connectivity index (χ4v) is 2.74. The van der Waals surface area contributed by atoms with E-state index in [9.17, 15) is 4.79 Å². The second-order valence-electron chi connectivity index (χ2n) is 5.88. The Balaban J connectivity index is 2.66.